The number of nitrogens with one attached hydrogen (secondary N) is 1. The number of rotatable bonds is 4. The quantitative estimate of drug-likeness (QED) is 0.580. The lowest BCUT2D eigenvalue weighted by atomic mass is 9.83. The van der Waals surface area contributed by atoms with Gasteiger partial charge in [-0.05, 0) is 36.2 Å². The number of hydrogen-bond acceptors (Lipinski definition) is 4. The lowest BCUT2D eigenvalue weighted by molar-refractivity contribution is -0.133. The van der Waals surface area contributed by atoms with Crippen molar-refractivity contribution >= 4 is 35.0 Å². The molecule has 6 nitrogen and oxygen atoms in total. The van der Waals surface area contributed by atoms with Crippen LogP contribution in [0, 0.1) is 0 Å². The summed E-state index contributed by atoms with van der Waals surface area (Å²) in [6, 6.07) is 14.1. The summed E-state index contributed by atoms with van der Waals surface area (Å²) in [6.45, 7) is 5.42. The van der Waals surface area contributed by atoms with E-state index in [2.05, 4.69) is 19.2 Å². The maximum atomic E-state index is 13.1. The third-order valence-electron chi connectivity index (χ3n) is 6.25. The Kier molecular flexibility index (Phi) is 4.93. The number of anilines is 1. The fourth-order valence-electron chi connectivity index (χ4n) is 4.43. The molecule has 0 unspecified atom stereocenters. The molecule has 0 saturated carbocycles. The molecule has 7 heteroatoms. The normalized spacial score (nSPS) is 23.3. The van der Waals surface area contributed by atoms with Gasteiger partial charge in [0.25, 0.3) is 5.91 Å². The van der Waals surface area contributed by atoms with E-state index in [0.29, 0.717) is 10.6 Å². The van der Waals surface area contributed by atoms with E-state index in [1.165, 1.54) is 0 Å². The van der Waals surface area contributed by atoms with Gasteiger partial charge in [0.15, 0.2) is 5.78 Å². The van der Waals surface area contributed by atoms with Crippen LogP contribution in [0.25, 0.3) is 0 Å². The van der Waals surface area contributed by atoms with Gasteiger partial charge in [-0.15, -0.1) is 0 Å². The molecule has 2 heterocycles. The monoisotopic (exact) mass is 437 g/mol. The van der Waals surface area contributed by atoms with Gasteiger partial charge >= 0.3 is 6.03 Å². The van der Waals surface area contributed by atoms with E-state index in [4.69, 9.17) is 11.6 Å². The van der Waals surface area contributed by atoms with E-state index in [-0.39, 0.29) is 17.7 Å². The molecule has 2 aliphatic heterocycles. The first kappa shape index (κ1) is 21.1. The summed E-state index contributed by atoms with van der Waals surface area (Å²) in [6.07, 6.45) is 1.54. The highest BCUT2D eigenvalue weighted by atomic mass is 35.5. The fourth-order valence-corrected chi connectivity index (χ4v) is 4.56. The number of likely N-dealkylation sites (N-methyl/N-ethyl adjacent to an activating group) is 1. The van der Waals surface area contributed by atoms with E-state index < -0.39 is 17.5 Å². The number of allylic oxidation sites excluding steroid dienone is 1. The topological polar surface area (TPSA) is 69.7 Å². The Morgan fingerprint density at radius 3 is 2.35 bits per heavy atom. The van der Waals surface area contributed by atoms with Gasteiger partial charge in [-0.3, -0.25) is 14.5 Å². The minimum absolute atomic E-state index is 0.313. The van der Waals surface area contributed by atoms with Gasteiger partial charge in [0.1, 0.15) is 5.54 Å². The Hall–Kier alpha value is -3.12. The van der Waals surface area contributed by atoms with Crippen LogP contribution >= 0.6 is 11.6 Å². The molecule has 0 radical (unpaired) electrons. The molecule has 4 rings (SSSR count). The molecule has 1 saturated heterocycles. The second kappa shape index (κ2) is 7.24. The Balaban J connectivity index is 1.57. The van der Waals surface area contributed by atoms with Crippen molar-refractivity contribution < 1.29 is 14.4 Å². The Labute approximate surface area is 186 Å². The zero-order valence-electron chi connectivity index (χ0n) is 17.9. The van der Waals surface area contributed by atoms with Crippen molar-refractivity contribution in [2.24, 2.45) is 0 Å². The molecule has 0 spiro atoms. The van der Waals surface area contributed by atoms with Gasteiger partial charge < -0.3 is 10.2 Å². The van der Waals surface area contributed by atoms with Gasteiger partial charge in [0.2, 0.25) is 0 Å². The van der Waals surface area contributed by atoms with Crippen molar-refractivity contribution in [3.8, 4) is 0 Å². The highest BCUT2D eigenvalue weighted by Gasteiger charge is 2.49. The molecule has 0 aliphatic carbocycles. The molecule has 31 heavy (non-hydrogen) atoms. The van der Waals surface area contributed by atoms with E-state index in [1.807, 2.05) is 36.2 Å². The van der Waals surface area contributed by atoms with Crippen LogP contribution in [-0.2, 0) is 20.5 Å². The van der Waals surface area contributed by atoms with Gasteiger partial charge in [0.05, 0.1) is 6.54 Å². The van der Waals surface area contributed by atoms with Gasteiger partial charge in [-0.1, -0.05) is 55.8 Å². The van der Waals surface area contributed by atoms with Crippen LogP contribution in [0.5, 0.6) is 0 Å². The van der Waals surface area contributed by atoms with Crippen LogP contribution in [0.1, 0.15) is 31.9 Å². The first-order valence-corrected chi connectivity index (χ1v) is 10.4. The van der Waals surface area contributed by atoms with Gasteiger partial charge in [-0.25, -0.2) is 4.79 Å². The van der Waals surface area contributed by atoms with Crippen molar-refractivity contribution in [1.29, 1.82) is 0 Å². The molecule has 0 bridgehead atoms. The summed E-state index contributed by atoms with van der Waals surface area (Å²) in [7, 11) is 1.91. The minimum Gasteiger partial charge on any atom is -0.347 e. The molecule has 160 valence electrons. The summed E-state index contributed by atoms with van der Waals surface area (Å²) in [5.41, 5.74) is 1.99. The number of fused-ring (bicyclic) bond motifs is 1. The highest BCUT2D eigenvalue weighted by molar-refractivity contribution is 6.30. The molecule has 1 N–H and O–H groups in total. The number of nitrogens with zero attached hydrogens (tertiary/aromatic N) is 2. The standard InChI is InChI=1S/C24H24ClN3O3/c1-23(2)18-7-5-6-8-19(18)27(4)20(23)13-17(29)14-28-21(30)24(3,26-22(28)31)15-9-11-16(25)12-10-15/h5-13H,14H2,1-4H3,(H,26,31)/b20-13+/t24-/m1/s1. The summed E-state index contributed by atoms with van der Waals surface area (Å²) < 4.78 is 0. The number of benzene rings is 2. The van der Waals surface area contributed by atoms with E-state index in [1.54, 1.807) is 37.3 Å². The SMILES string of the molecule is CN1/C(=C/C(=O)CN2C(=O)N[C@](C)(c3ccc(Cl)cc3)C2=O)C(C)(C)c2ccccc21. The predicted molar refractivity (Wildman–Crippen MR) is 120 cm³/mol. The van der Waals surface area contributed by atoms with Gasteiger partial charge in [0, 0.05) is 34.9 Å². The molecule has 1 atom stereocenters. The number of carbonyl (C=O) groups is 3. The largest absolute Gasteiger partial charge is 0.347 e. The summed E-state index contributed by atoms with van der Waals surface area (Å²) in [5.74, 6) is -0.777. The molecular weight excluding hydrogens is 414 g/mol. The number of urea groups is 1. The molecule has 1 fully saturated rings. The van der Waals surface area contributed by atoms with Gasteiger partial charge in [-0.2, -0.15) is 0 Å². The Bertz CT molecular complexity index is 1120. The van der Waals surface area contributed by atoms with E-state index in [0.717, 1.165) is 21.8 Å². The molecule has 0 aromatic heterocycles. The number of imide groups is 1. The maximum absolute atomic E-state index is 13.1. The summed E-state index contributed by atoms with van der Waals surface area (Å²) >= 11 is 5.94. The van der Waals surface area contributed by atoms with E-state index >= 15 is 0 Å². The second-order valence-corrected chi connectivity index (χ2v) is 9.09. The minimum atomic E-state index is -1.24. The van der Waals surface area contributed by atoms with Crippen LogP contribution in [0.4, 0.5) is 10.5 Å². The van der Waals surface area contributed by atoms with Crippen molar-refractivity contribution in [1.82, 2.24) is 10.2 Å². The van der Waals surface area contributed by atoms with Crippen LogP contribution < -0.4 is 10.2 Å². The molecule has 3 amide bonds. The Morgan fingerprint density at radius 2 is 1.71 bits per heavy atom. The van der Waals surface area contributed by atoms with Crippen LogP contribution in [-0.4, -0.2) is 36.2 Å². The zero-order chi connectivity index (χ0) is 22.6. The Morgan fingerprint density at radius 1 is 1.06 bits per heavy atom. The zero-order valence-corrected chi connectivity index (χ0v) is 18.7. The third-order valence-corrected chi connectivity index (χ3v) is 6.50. The van der Waals surface area contributed by atoms with Crippen molar-refractivity contribution in [3.63, 3.8) is 0 Å². The fraction of sp³-hybridized carbons (Fsp3) is 0.292. The maximum Gasteiger partial charge on any atom is 0.325 e. The van der Waals surface area contributed by atoms with Crippen molar-refractivity contribution in [2.75, 3.05) is 18.5 Å². The van der Waals surface area contributed by atoms with Crippen LogP contribution in [0.2, 0.25) is 5.02 Å². The highest BCUT2D eigenvalue weighted by Crippen LogP contribution is 2.46. The average Bonchev–Trinajstić information content (AvgIpc) is 3.06. The van der Waals surface area contributed by atoms with Crippen LogP contribution in [0.15, 0.2) is 60.3 Å². The lowest BCUT2D eigenvalue weighted by Crippen LogP contribution is -2.41. The number of hydrogen-bond donors (Lipinski definition) is 1. The first-order valence-electron chi connectivity index (χ1n) is 10.0. The number of amides is 3. The number of halogens is 1. The van der Waals surface area contributed by atoms with E-state index in [9.17, 15) is 14.4 Å². The number of para-hydroxylation sites is 1. The second-order valence-electron chi connectivity index (χ2n) is 8.65. The third kappa shape index (κ3) is 3.31. The van der Waals surface area contributed by atoms with Crippen LogP contribution in [0.3, 0.4) is 0 Å². The van der Waals surface area contributed by atoms with Crippen molar-refractivity contribution in [3.05, 3.63) is 76.5 Å². The number of carbonyl (C=O) groups excluding carboxylic acids is 3. The summed E-state index contributed by atoms with van der Waals surface area (Å²) in [4.78, 5) is 41.5. The average molecular weight is 438 g/mol. The molecule has 2 aromatic carbocycles. The summed E-state index contributed by atoms with van der Waals surface area (Å²) in [5, 5.41) is 3.25. The number of ketones is 1. The molecule has 2 aliphatic rings. The first-order chi connectivity index (χ1) is 14.6. The molecular formula is C24H24ClN3O3. The lowest BCUT2D eigenvalue weighted by Gasteiger charge is -2.24. The molecule has 2 aromatic rings. The van der Waals surface area contributed by atoms with Crippen molar-refractivity contribution in [2.45, 2.75) is 31.7 Å². The predicted octanol–water partition coefficient (Wildman–Crippen LogP) is 3.99. The smallest absolute Gasteiger partial charge is 0.325 e.